The summed E-state index contributed by atoms with van der Waals surface area (Å²) < 4.78 is 18.3. The number of rotatable bonds is 0. The molecule has 0 atom stereocenters. The van der Waals surface area contributed by atoms with Crippen LogP contribution >= 0.6 is 11.6 Å². The SMILES string of the molecule is Fc1cc(Cl)c2c(c1)CNCCO2. The Morgan fingerprint density at radius 3 is 3.15 bits per heavy atom. The second-order valence-corrected chi connectivity index (χ2v) is 3.31. The summed E-state index contributed by atoms with van der Waals surface area (Å²) in [6.07, 6.45) is 0. The van der Waals surface area contributed by atoms with Gasteiger partial charge in [0, 0.05) is 18.7 Å². The average molecular weight is 202 g/mol. The van der Waals surface area contributed by atoms with Crippen molar-refractivity contribution in [1.29, 1.82) is 0 Å². The molecule has 0 saturated heterocycles. The van der Waals surface area contributed by atoms with Gasteiger partial charge in [-0.15, -0.1) is 0 Å². The van der Waals surface area contributed by atoms with Gasteiger partial charge in [-0.3, -0.25) is 0 Å². The van der Waals surface area contributed by atoms with Gasteiger partial charge in [0.25, 0.3) is 0 Å². The van der Waals surface area contributed by atoms with Crippen molar-refractivity contribution in [3.8, 4) is 5.75 Å². The fourth-order valence-electron chi connectivity index (χ4n) is 1.35. The van der Waals surface area contributed by atoms with Crippen LogP contribution in [0.15, 0.2) is 12.1 Å². The van der Waals surface area contributed by atoms with E-state index in [1.165, 1.54) is 12.1 Å². The maximum atomic E-state index is 12.9. The highest BCUT2D eigenvalue weighted by atomic mass is 35.5. The molecule has 0 saturated carbocycles. The van der Waals surface area contributed by atoms with Crippen molar-refractivity contribution >= 4 is 11.6 Å². The highest BCUT2D eigenvalue weighted by Crippen LogP contribution is 2.30. The van der Waals surface area contributed by atoms with Crippen molar-refractivity contribution in [2.75, 3.05) is 13.2 Å². The fraction of sp³-hybridized carbons (Fsp3) is 0.333. The molecule has 0 aliphatic carbocycles. The van der Waals surface area contributed by atoms with E-state index in [0.717, 1.165) is 12.1 Å². The van der Waals surface area contributed by atoms with Crippen LogP contribution in [0.4, 0.5) is 4.39 Å². The van der Waals surface area contributed by atoms with Crippen LogP contribution in [0, 0.1) is 5.82 Å². The number of nitrogens with one attached hydrogen (secondary N) is 1. The summed E-state index contributed by atoms with van der Waals surface area (Å²) in [5.74, 6) is 0.282. The smallest absolute Gasteiger partial charge is 0.142 e. The molecule has 13 heavy (non-hydrogen) atoms. The number of fused-ring (bicyclic) bond motifs is 1. The van der Waals surface area contributed by atoms with E-state index >= 15 is 0 Å². The first-order valence-corrected chi connectivity index (χ1v) is 4.46. The van der Waals surface area contributed by atoms with Crippen LogP contribution in [0.1, 0.15) is 5.56 Å². The summed E-state index contributed by atoms with van der Waals surface area (Å²) in [4.78, 5) is 0. The summed E-state index contributed by atoms with van der Waals surface area (Å²) in [5.41, 5.74) is 0.780. The van der Waals surface area contributed by atoms with Gasteiger partial charge < -0.3 is 10.1 Å². The number of hydrogen-bond acceptors (Lipinski definition) is 2. The molecular formula is C9H9ClFNO. The summed E-state index contributed by atoms with van der Waals surface area (Å²) in [7, 11) is 0. The van der Waals surface area contributed by atoms with Crippen molar-refractivity contribution in [1.82, 2.24) is 5.32 Å². The molecule has 0 fully saturated rings. The van der Waals surface area contributed by atoms with Crippen LogP contribution in [0.25, 0.3) is 0 Å². The number of halogens is 2. The molecule has 1 aliphatic rings. The zero-order valence-corrected chi connectivity index (χ0v) is 7.70. The van der Waals surface area contributed by atoms with Crippen molar-refractivity contribution < 1.29 is 9.13 Å². The third kappa shape index (κ3) is 1.76. The minimum Gasteiger partial charge on any atom is -0.490 e. The minimum atomic E-state index is -0.323. The lowest BCUT2D eigenvalue weighted by Gasteiger charge is -2.07. The third-order valence-corrected chi connectivity index (χ3v) is 2.21. The van der Waals surface area contributed by atoms with Crippen molar-refractivity contribution in [3.05, 3.63) is 28.5 Å². The summed E-state index contributed by atoms with van der Waals surface area (Å²) >= 11 is 5.83. The molecule has 1 aromatic carbocycles. The molecule has 1 heterocycles. The minimum absolute atomic E-state index is 0.323. The number of ether oxygens (including phenoxy) is 1. The lowest BCUT2D eigenvalue weighted by atomic mass is 10.2. The molecule has 1 aromatic rings. The lowest BCUT2D eigenvalue weighted by Crippen LogP contribution is -2.16. The van der Waals surface area contributed by atoms with Gasteiger partial charge in [-0.2, -0.15) is 0 Å². The van der Waals surface area contributed by atoms with Crippen molar-refractivity contribution in [3.63, 3.8) is 0 Å². The van der Waals surface area contributed by atoms with E-state index in [-0.39, 0.29) is 5.82 Å². The zero-order valence-electron chi connectivity index (χ0n) is 6.94. The second-order valence-electron chi connectivity index (χ2n) is 2.90. The van der Waals surface area contributed by atoms with Gasteiger partial charge in [0.15, 0.2) is 0 Å². The third-order valence-electron chi connectivity index (χ3n) is 1.93. The van der Waals surface area contributed by atoms with Gasteiger partial charge in [-0.1, -0.05) is 11.6 Å². The Morgan fingerprint density at radius 1 is 1.46 bits per heavy atom. The van der Waals surface area contributed by atoms with Crippen LogP contribution in [0.5, 0.6) is 5.75 Å². The molecule has 0 amide bonds. The normalized spacial score (nSPS) is 15.8. The summed E-state index contributed by atoms with van der Waals surface area (Å²) in [6, 6.07) is 2.71. The first kappa shape index (κ1) is 8.78. The summed E-state index contributed by atoms with van der Waals surface area (Å²) in [6.45, 7) is 1.93. The first-order chi connectivity index (χ1) is 6.27. The van der Waals surface area contributed by atoms with E-state index < -0.39 is 0 Å². The molecule has 0 unspecified atom stereocenters. The zero-order chi connectivity index (χ0) is 9.26. The molecule has 70 valence electrons. The highest BCUT2D eigenvalue weighted by molar-refractivity contribution is 6.32. The molecule has 0 radical (unpaired) electrons. The lowest BCUT2D eigenvalue weighted by molar-refractivity contribution is 0.325. The van der Waals surface area contributed by atoms with Crippen LogP contribution in [-0.2, 0) is 6.54 Å². The fourth-order valence-corrected chi connectivity index (χ4v) is 1.64. The van der Waals surface area contributed by atoms with E-state index in [4.69, 9.17) is 16.3 Å². The first-order valence-electron chi connectivity index (χ1n) is 4.09. The van der Waals surface area contributed by atoms with E-state index in [1.807, 2.05) is 0 Å². The Labute approximate surface area is 80.7 Å². The Kier molecular flexibility index (Phi) is 2.38. The largest absolute Gasteiger partial charge is 0.490 e. The average Bonchev–Trinajstić information content (AvgIpc) is 2.28. The Hall–Kier alpha value is -0.800. The topological polar surface area (TPSA) is 21.3 Å². The van der Waals surface area contributed by atoms with Gasteiger partial charge in [-0.05, 0) is 12.1 Å². The van der Waals surface area contributed by atoms with Crippen molar-refractivity contribution in [2.24, 2.45) is 0 Å². The molecule has 2 nitrogen and oxygen atoms in total. The molecule has 0 bridgehead atoms. The van der Waals surface area contributed by atoms with Crippen LogP contribution in [0.3, 0.4) is 0 Å². The molecule has 0 aromatic heterocycles. The second kappa shape index (κ2) is 3.52. The predicted molar refractivity (Wildman–Crippen MR) is 48.6 cm³/mol. The van der Waals surface area contributed by atoms with Crippen LogP contribution in [0.2, 0.25) is 5.02 Å². The molecule has 1 aliphatic heterocycles. The van der Waals surface area contributed by atoms with Gasteiger partial charge in [0.2, 0.25) is 0 Å². The van der Waals surface area contributed by atoms with Gasteiger partial charge in [-0.25, -0.2) is 4.39 Å². The van der Waals surface area contributed by atoms with E-state index in [1.54, 1.807) is 0 Å². The number of hydrogen-bond donors (Lipinski definition) is 1. The standard InChI is InChI=1S/C9H9ClFNO/c10-8-4-7(11)3-6-5-12-1-2-13-9(6)8/h3-4,12H,1-2,5H2. The van der Waals surface area contributed by atoms with Crippen LogP contribution < -0.4 is 10.1 Å². The summed E-state index contributed by atoms with van der Waals surface area (Å²) in [5, 5.41) is 3.45. The quantitative estimate of drug-likeness (QED) is 0.693. The van der Waals surface area contributed by atoms with E-state index in [2.05, 4.69) is 5.32 Å². The van der Waals surface area contributed by atoms with Crippen molar-refractivity contribution in [2.45, 2.75) is 6.54 Å². The van der Waals surface area contributed by atoms with Gasteiger partial charge >= 0.3 is 0 Å². The molecule has 0 spiro atoms. The predicted octanol–water partition coefficient (Wildman–Crippen LogP) is 1.96. The molecule has 2 rings (SSSR count). The monoisotopic (exact) mass is 201 g/mol. The number of benzene rings is 1. The highest BCUT2D eigenvalue weighted by Gasteiger charge is 2.13. The Morgan fingerprint density at radius 2 is 2.31 bits per heavy atom. The van der Waals surface area contributed by atoms with E-state index in [0.29, 0.717) is 23.9 Å². The molecule has 4 heteroatoms. The maximum Gasteiger partial charge on any atom is 0.142 e. The van der Waals surface area contributed by atoms with E-state index in [9.17, 15) is 4.39 Å². The molecule has 1 N–H and O–H groups in total. The Balaban J connectivity index is 2.47. The molecular weight excluding hydrogens is 193 g/mol. The maximum absolute atomic E-state index is 12.9. The van der Waals surface area contributed by atoms with Gasteiger partial charge in [0.1, 0.15) is 18.2 Å². The van der Waals surface area contributed by atoms with Gasteiger partial charge in [0.05, 0.1) is 5.02 Å². The van der Waals surface area contributed by atoms with Crippen LogP contribution in [-0.4, -0.2) is 13.2 Å². The Bertz CT molecular complexity index is 330.